The quantitative estimate of drug-likeness (QED) is 0.348. The molecule has 0 bridgehead atoms. The summed E-state index contributed by atoms with van der Waals surface area (Å²) in [6.45, 7) is 1.79. The van der Waals surface area contributed by atoms with Gasteiger partial charge in [0.1, 0.15) is 5.82 Å². The van der Waals surface area contributed by atoms with Crippen LogP contribution in [0.5, 0.6) is 0 Å². The van der Waals surface area contributed by atoms with E-state index in [0.717, 1.165) is 10.4 Å². The molecule has 168 valence electrons. The molecule has 0 unspecified atom stereocenters. The average Bonchev–Trinajstić information content (AvgIpc) is 3.27. The first-order valence-corrected chi connectivity index (χ1v) is 11.8. The first-order valence-electron chi connectivity index (χ1n) is 10.6. The average molecular weight is 487 g/mol. The van der Waals surface area contributed by atoms with Crippen molar-refractivity contribution in [2.75, 3.05) is 5.32 Å². The van der Waals surface area contributed by atoms with Crippen LogP contribution in [0.3, 0.4) is 0 Å². The molecule has 0 aliphatic rings. The molecule has 2 aromatic heterocycles. The number of amides is 1. The van der Waals surface area contributed by atoms with Crippen LogP contribution >= 0.6 is 22.9 Å². The molecule has 0 aliphatic carbocycles. The van der Waals surface area contributed by atoms with Gasteiger partial charge in [-0.05, 0) is 55.0 Å². The van der Waals surface area contributed by atoms with Gasteiger partial charge in [0, 0.05) is 28.1 Å². The van der Waals surface area contributed by atoms with Crippen molar-refractivity contribution < 1.29 is 4.79 Å². The highest BCUT2D eigenvalue weighted by Gasteiger charge is 2.13. The van der Waals surface area contributed by atoms with Crippen molar-refractivity contribution in [1.29, 1.82) is 0 Å². The number of carbonyl (C=O) groups excluding carboxylic acids is 1. The maximum Gasteiger partial charge on any atom is 0.265 e. The fourth-order valence-corrected chi connectivity index (χ4v) is 4.79. The van der Waals surface area contributed by atoms with E-state index in [-0.39, 0.29) is 11.5 Å². The van der Waals surface area contributed by atoms with E-state index in [4.69, 9.17) is 11.6 Å². The van der Waals surface area contributed by atoms with Crippen LogP contribution in [-0.4, -0.2) is 20.4 Å². The number of nitrogens with one attached hydrogen (secondary N) is 1. The number of hydrogen-bond acceptors (Lipinski definition) is 5. The van der Waals surface area contributed by atoms with Gasteiger partial charge in [-0.25, -0.2) is 9.97 Å². The van der Waals surface area contributed by atoms with Crippen molar-refractivity contribution in [3.8, 4) is 5.69 Å². The van der Waals surface area contributed by atoms with Crippen LogP contribution < -0.4 is 10.9 Å². The van der Waals surface area contributed by atoms with Gasteiger partial charge in [-0.3, -0.25) is 19.5 Å². The molecule has 8 heteroatoms. The maximum atomic E-state index is 13.0. The second-order valence-corrected chi connectivity index (χ2v) is 9.24. The summed E-state index contributed by atoms with van der Waals surface area (Å²) < 4.78 is 1.55. The van der Waals surface area contributed by atoms with Gasteiger partial charge in [0.05, 0.1) is 16.6 Å². The van der Waals surface area contributed by atoms with Gasteiger partial charge in [-0.15, -0.1) is 11.3 Å². The van der Waals surface area contributed by atoms with E-state index in [1.54, 1.807) is 48.0 Å². The minimum atomic E-state index is -0.272. The second kappa shape index (κ2) is 9.21. The Labute approximate surface area is 204 Å². The number of aromatic nitrogens is 3. The highest BCUT2D eigenvalue weighted by atomic mass is 35.5. The minimum Gasteiger partial charge on any atom is -0.298 e. The number of nitrogens with zero attached hydrogens (tertiary/aromatic N) is 3. The Morgan fingerprint density at radius 3 is 2.56 bits per heavy atom. The summed E-state index contributed by atoms with van der Waals surface area (Å²) >= 11 is 7.65. The predicted molar refractivity (Wildman–Crippen MR) is 136 cm³/mol. The highest BCUT2D eigenvalue weighted by molar-refractivity contribution is 7.15. The minimum absolute atomic E-state index is 0.144. The van der Waals surface area contributed by atoms with Gasteiger partial charge in [-0.2, -0.15) is 0 Å². The number of halogens is 1. The number of hydrogen-bond donors (Lipinski definition) is 1. The van der Waals surface area contributed by atoms with Gasteiger partial charge in [0.2, 0.25) is 0 Å². The van der Waals surface area contributed by atoms with Crippen molar-refractivity contribution in [2.45, 2.75) is 13.3 Å². The summed E-state index contributed by atoms with van der Waals surface area (Å²) in [7, 11) is 0. The number of aryl methyl sites for hydroxylation is 1. The molecule has 2 heterocycles. The largest absolute Gasteiger partial charge is 0.298 e. The fourth-order valence-electron chi connectivity index (χ4n) is 3.76. The molecule has 6 nitrogen and oxygen atoms in total. The Hall–Kier alpha value is -3.81. The van der Waals surface area contributed by atoms with Crippen LogP contribution in [0.25, 0.3) is 16.6 Å². The third-order valence-electron chi connectivity index (χ3n) is 5.43. The number of para-hydroxylation sites is 1. The molecule has 0 saturated carbocycles. The molecule has 5 rings (SSSR count). The number of thiazole rings is 1. The molecule has 5 aromatic rings. The predicted octanol–water partition coefficient (Wildman–Crippen LogP) is 5.65. The lowest BCUT2D eigenvalue weighted by Crippen LogP contribution is -2.22. The molecule has 0 atom stereocenters. The molecule has 0 radical (unpaired) electrons. The number of rotatable bonds is 5. The molecule has 1 amide bonds. The van der Waals surface area contributed by atoms with Gasteiger partial charge in [0.15, 0.2) is 5.13 Å². The zero-order chi connectivity index (χ0) is 23.7. The van der Waals surface area contributed by atoms with Gasteiger partial charge in [0.25, 0.3) is 11.5 Å². The molecule has 1 N–H and O–H groups in total. The molecule has 0 saturated heterocycles. The van der Waals surface area contributed by atoms with Crippen LogP contribution in [0, 0.1) is 6.92 Å². The number of fused-ring (bicyclic) bond motifs is 1. The van der Waals surface area contributed by atoms with Crippen LogP contribution in [0.15, 0.2) is 83.8 Å². The smallest absolute Gasteiger partial charge is 0.265 e. The molecule has 34 heavy (non-hydrogen) atoms. The van der Waals surface area contributed by atoms with Gasteiger partial charge in [-0.1, -0.05) is 41.9 Å². The topological polar surface area (TPSA) is 76.9 Å². The molecule has 3 aromatic carbocycles. The Morgan fingerprint density at radius 2 is 1.76 bits per heavy atom. The number of anilines is 1. The standard InChI is InChI=1S/C26H19ClN4O2S/c1-16-29-23-9-5-3-7-21(23)25(33)31(16)19-12-10-17(11-13-19)24(32)30-26-28-15-20(34-26)14-18-6-2-4-8-22(18)27/h2-13,15H,14H2,1H3,(H,28,30,32). The third-order valence-corrected chi connectivity index (χ3v) is 6.71. The maximum absolute atomic E-state index is 13.0. The lowest BCUT2D eigenvalue weighted by molar-refractivity contribution is 0.102. The highest BCUT2D eigenvalue weighted by Crippen LogP contribution is 2.25. The van der Waals surface area contributed by atoms with E-state index in [9.17, 15) is 9.59 Å². The van der Waals surface area contributed by atoms with Crippen molar-refractivity contribution >= 4 is 44.9 Å². The summed E-state index contributed by atoms with van der Waals surface area (Å²) in [6.07, 6.45) is 2.39. The molecular formula is C26H19ClN4O2S. The van der Waals surface area contributed by atoms with E-state index in [0.29, 0.717) is 44.6 Å². The first kappa shape index (κ1) is 22.0. The monoisotopic (exact) mass is 486 g/mol. The lowest BCUT2D eigenvalue weighted by atomic mass is 10.1. The number of benzene rings is 3. The van der Waals surface area contributed by atoms with E-state index in [1.807, 2.05) is 42.5 Å². The van der Waals surface area contributed by atoms with Crippen LogP contribution in [0.2, 0.25) is 5.02 Å². The Kier molecular flexibility index (Phi) is 5.96. The summed E-state index contributed by atoms with van der Waals surface area (Å²) in [5.41, 5.74) is 2.64. The molecular weight excluding hydrogens is 468 g/mol. The second-order valence-electron chi connectivity index (χ2n) is 7.72. The Balaban J connectivity index is 1.33. The summed E-state index contributed by atoms with van der Waals surface area (Å²) in [4.78, 5) is 35.6. The van der Waals surface area contributed by atoms with E-state index in [2.05, 4.69) is 15.3 Å². The lowest BCUT2D eigenvalue weighted by Gasteiger charge is -2.11. The molecule has 0 fully saturated rings. The molecule has 0 spiro atoms. The molecule has 0 aliphatic heterocycles. The zero-order valence-electron chi connectivity index (χ0n) is 18.2. The Morgan fingerprint density at radius 1 is 1.03 bits per heavy atom. The van der Waals surface area contributed by atoms with Crippen LogP contribution in [0.4, 0.5) is 5.13 Å². The van der Waals surface area contributed by atoms with Gasteiger partial charge < -0.3 is 0 Å². The Bertz CT molecular complexity index is 1570. The summed E-state index contributed by atoms with van der Waals surface area (Å²) in [6, 6.07) is 21.8. The van der Waals surface area contributed by atoms with Crippen molar-refractivity contribution in [3.63, 3.8) is 0 Å². The normalized spacial score (nSPS) is 11.0. The first-order chi connectivity index (χ1) is 16.5. The number of carbonyl (C=O) groups is 1. The van der Waals surface area contributed by atoms with E-state index >= 15 is 0 Å². The van der Waals surface area contributed by atoms with Crippen molar-refractivity contribution in [1.82, 2.24) is 14.5 Å². The zero-order valence-corrected chi connectivity index (χ0v) is 19.7. The summed E-state index contributed by atoms with van der Waals surface area (Å²) in [5.74, 6) is 0.306. The fraction of sp³-hybridized carbons (Fsp3) is 0.0769. The van der Waals surface area contributed by atoms with Crippen molar-refractivity contribution in [2.24, 2.45) is 0 Å². The van der Waals surface area contributed by atoms with Gasteiger partial charge >= 0.3 is 0 Å². The van der Waals surface area contributed by atoms with Crippen LogP contribution in [0.1, 0.15) is 26.6 Å². The van der Waals surface area contributed by atoms with E-state index in [1.165, 1.54) is 11.3 Å². The van der Waals surface area contributed by atoms with Crippen molar-refractivity contribution in [3.05, 3.63) is 116 Å². The SMILES string of the molecule is Cc1nc2ccccc2c(=O)n1-c1ccc(C(=O)Nc2ncc(Cc3ccccc3Cl)s2)cc1. The third kappa shape index (κ3) is 4.35. The van der Waals surface area contributed by atoms with E-state index < -0.39 is 0 Å². The summed E-state index contributed by atoms with van der Waals surface area (Å²) in [5, 5.41) is 4.61. The van der Waals surface area contributed by atoms with Crippen LogP contribution in [-0.2, 0) is 6.42 Å².